The van der Waals surface area contributed by atoms with Gasteiger partial charge in [0.15, 0.2) is 0 Å². The molecule has 0 aliphatic rings. The van der Waals surface area contributed by atoms with Crippen LogP contribution in [0.2, 0.25) is 0 Å². The molecule has 0 radical (unpaired) electrons. The van der Waals surface area contributed by atoms with Gasteiger partial charge in [-0.1, -0.05) is 98.9 Å². The lowest BCUT2D eigenvalue weighted by Crippen LogP contribution is -2.27. The Balaban J connectivity index is 0.000000564. The molecule has 2 unspecified atom stereocenters. The minimum absolute atomic E-state index is 0.0510. The Bertz CT molecular complexity index is 578. The highest BCUT2D eigenvalue weighted by Crippen LogP contribution is 2.25. The quantitative estimate of drug-likeness (QED) is 0.355. The summed E-state index contributed by atoms with van der Waals surface area (Å²) in [6, 6.07) is 9.08. The third kappa shape index (κ3) is 10.6. The highest BCUT2D eigenvalue weighted by molar-refractivity contribution is 5.75. The molecule has 2 nitrogen and oxygen atoms in total. The Kier molecular flexibility index (Phi) is 13.3. The number of esters is 1. The maximum atomic E-state index is 11.8. The summed E-state index contributed by atoms with van der Waals surface area (Å²) in [5, 5.41) is 0. The number of carbonyl (C=O) groups excluding carboxylic acids is 1. The number of unbranched alkanes of at least 4 members (excludes halogenated alkanes) is 1. The van der Waals surface area contributed by atoms with Crippen molar-refractivity contribution in [2.24, 2.45) is 11.3 Å². The molecular weight excluding hydrogens is 368 g/mol. The van der Waals surface area contributed by atoms with Crippen LogP contribution in [0.25, 0.3) is 0 Å². The number of carbonyl (C=O) groups is 1. The van der Waals surface area contributed by atoms with Crippen molar-refractivity contribution < 1.29 is 9.53 Å². The Morgan fingerprint density at radius 1 is 0.933 bits per heavy atom. The fraction of sp³-hybridized carbons (Fsp3) is 0.750. The second kappa shape index (κ2) is 13.9. The minimum Gasteiger partial charge on any atom is -0.465 e. The van der Waals surface area contributed by atoms with E-state index in [9.17, 15) is 4.79 Å². The van der Waals surface area contributed by atoms with Crippen LogP contribution < -0.4 is 0 Å². The summed E-state index contributed by atoms with van der Waals surface area (Å²) in [4.78, 5) is 11.8. The first-order valence-electron chi connectivity index (χ1n) is 12.2. The van der Waals surface area contributed by atoms with E-state index in [0.717, 1.165) is 12.8 Å². The van der Waals surface area contributed by atoms with Crippen molar-refractivity contribution >= 4 is 5.97 Å². The minimum atomic E-state index is -0.330. The topological polar surface area (TPSA) is 26.3 Å². The van der Waals surface area contributed by atoms with E-state index in [4.69, 9.17) is 4.74 Å². The van der Waals surface area contributed by atoms with E-state index in [1.807, 2.05) is 20.8 Å². The van der Waals surface area contributed by atoms with E-state index < -0.39 is 0 Å². The van der Waals surface area contributed by atoms with Gasteiger partial charge in [-0.05, 0) is 61.5 Å². The number of ether oxygens (including phenoxy) is 1. The van der Waals surface area contributed by atoms with Crippen molar-refractivity contribution in [2.75, 3.05) is 6.61 Å². The summed E-state index contributed by atoms with van der Waals surface area (Å²) < 4.78 is 5.41. The Labute approximate surface area is 188 Å². The highest BCUT2D eigenvalue weighted by atomic mass is 16.5. The van der Waals surface area contributed by atoms with Crippen molar-refractivity contribution in [3.63, 3.8) is 0 Å². The van der Waals surface area contributed by atoms with E-state index in [0.29, 0.717) is 18.4 Å². The van der Waals surface area contributed by atoms with E-state index in [1.165, 1.54) is 36.8 Å². The molecule has 1 aromatic carbocycles. The smallest absolute Gasteiger partial charge is 0.311 e. The zero-order valence-corrected chi connectivity index (χ0v) is 21.7. The van der Waals surface area contributed by atoms with E-state index >= 15 is 0 Å². The molecule has 30 heavy (non-hydrogen) atoms. The van der Waals surface area contributed by atoms with Crippen molar-refractivity contribution in [1.82, 2.24) is 0 Å². The molecule has 0 N–H and O–H groups in total. The number of benzene rings is 1. The van der Waals surface area contributed by atoms with Crippen molar-refractivity contribution in [2.45, 2.75) is 119 Å². The van der Waals surface area contributed by atoms with Gasteiger partial charge >= 0.3 is 5.97 Å². The molecule has 174 valence electrons. The summed E-state index contributed by atoms with van der Waals surface area (Å²) in [6.07, 6.45) is 6.76. The molecular formula is C28H50O2. The molecule has 0 amide bonds. The SMILES string of the molecule is CCC(C)c1ccc(C(C)(C)C)cc1.CCCCC(CC)COC(=O)C(C)(C)CC. The first-order valence-corrected chi connectivity index (χ1v) is 12.2. The lowest BCUT2D eigenvalue weighted by atomic mass is 9.85. The Morgan fingerprint density at radius 2 is 1.50 bits per heavy atom. The molecule has 0 aliphatic heterocycles. The van der Waals surface area contributed by atoms with Crippen LogP contribution in [0.4, 0.5) is 0 Å². The van der Waals surface area contributed by atoms with Crippen LogP contribution in [0.1, 0.15) is 125 Å². The van der Waals surface area contributed by atoms with Crippen LogP contribution in [0, 0.1) is 11.3 Å². The fourth-order valence-electron chi connectivity index (χ4n) is 2.98. The molecule has 0 fully saturated rings. The van der Waals surface area contributed by atoms with Crippen LogP contribution >= 0.6 is 0 Å². The second-order valence-electron chi connectivity index (χ2n) is 10.4. The Morgan fingerprint density at radius 3 is 1.90 bits per heavy atom. The molecule has 1 aromatic rings. The molecule has 0 heterocycles. The van der Waals surface area contributed by atoms with Crippen LogP contribution in [0.15, 0.2) is 24.3 Å². The van der Waals surface area contributed by atoms with Gasteiger partial charge in [0.2, 0.25) is 0 Å². The first kappa shape index (κ1) is 28.7. The normalized spacial score (nSPS) is 13.8. The average Bonchev–Trinajstić information content (AvgIpc) is 2.73. The summed E-state index contributed by atoms with van der Waals surface area (Å²) in [7, 11) is 0. The molecule has 2 heteroatoms. The second-order valence-corrected chi connectivity index (χ2v) is 10.4. The van der Waals surface area contributed by atoms with Crippen molar-refractivity contribution in [3.8, 4) is 0 Å². The zero-order valence-electron chi connectivity index (χ0n) is 21.7. The van der Waals surface area contributed by atoms with Gasteiger partial charge in [-0.2, -0.15) is 0 Å². The third-order valence-corrected chi connectivity index (χ3v) is 6.39. The van der Waals surface area contributed by atoms with Crippen LogP contribution in [0.5, 0.6) is 0 Å². The molecule has 0 aliphatic carbocycles. The fourth-order valence-corrected chi connectivity index (χ4v) is 2.98. The van der Waals surface area contributed by atoms with Gasteiger partial charge in [-0.3, -0.25) is 4.79 Å². The molecule has 0 aromatic heterocycles. The van der Waals surface area contributed by atoms with E-state index in [1.54, 1.807) is 0 Å². The average molecular weight is 419 g/mol. The van der Waals surface area contributed by atoms with Gasteiger partial charge in [0.1, 0.15) is 0 Å². The van der Waals surface area contributed by atoms with Crippen LogP contribution in [0.3, 0.4) is 0 Å². The summed E-state index contributed by atoms with van der Waals surface area (Å²) in [6.45, 7) is 22.2. The van der Waals surface area contributed by atoms with Gasteiger partial charge in [-0.25, -0.2) is 0 Å². The molecule has 0 bridgehead atoms. The summed E-state index contributed by atoms with van der Waals surface area (Å²) in [5.41, 5.74) is 2.82. The number of rotatable bonds is 10. The van der Waals surface area contributed by atoms with Gasteiger partial charge in [-0.15, -0.1) is 0 Å². The highest BCUT2D eigenvalue weighted by Gasteiger charge is 2.27. The summed E-state index contributed by atoms with van der Waals surface area (Å²) in [5.74, 6) is 1.17. The molecule has 1 rings (SSSR count). The Hall–Kier alpha value is -1.31. The lowest BCUT2D eigenvalue weighted by molar-refractivity contribution is -0.155. The largest absolute Gasteiger partial charge is 0.465 e. The maximum absolute atomic E-state index is 11.8. The van der Waals surface area contributed by atoms with Gasteiger partial charge in [0.25, 0.3) is 0 Å². The predicted octanol–water partition coefficient (Wildman–Crippen LogP) is 8.68. The predicted molar refractivity (Wildman–Crippen MR) is 132 cm³/mol. The molecule has 0 saturated heterocycles. The number of hydrogen-bond acceptors (Lipinski definition) is 2. The maximum Gasteiger partial charge on any atom is 0.311 e. The van der Waals surface area contributed by atoms with Crippen LogP contribution in [-0.2, 0) is 14.9 Å². The standard InChI is InChI=1S/C14H28O2.C14H22/c1-6-9-10-12(7-2)11-16-13(15)14(4,5)8-3;1-6-11(2)12-7-9-13(10-8-12)14(3,4)5/h12H,6-11H2,1-5H3;7-11H,6H2,1-5H3. The summed E-state index contributed by atoms with van der Waals surface area (Å²) >= 11 is 0. The molecule has 0 saturated carbocycles. The van der Waals surface area contributed by atoms with E-state index in [-0.39, 0.29) is 16.8 Å². The van der Waals surface area contributed by atoms with Gasteiger partial charge in [0, 0.05) is 0 Å². The molecule has 2 atom stereocenters. The third-order valence-electron chi connectivity index (χ3n) is 6.39. The lowest BCUT2D eigenvalue weighted by Gasteiger charge is -2.22. The van der Waals surface area contributed by atoms with Gasteiger partial charge < -0.3 is 4.74 Å². The molecule has 0 spiro atoms. The van der Waals surface area contributed by atoms with E-state index in [2.05, 4.69) is 72.7 Å². The van der Waals surface area contributed by atoms with Crippen LogP contribution in [-0.4, -0.2) is 12.6 Å². The first-order chi connectivity index (χ1) is 13.9. The van der Waals surface area contributed by atoms with Crippen molar-refractivity contribution in [1.29, 1.82) is 0 Å². The zero-order chi connectivity index (χ0) is 23.4. The van der Waals surface area contributed by atoms with Crippen molar-refractivity contribution in [3.05, 3.63) is 35.4 Å². The van der Waals surface area contributed by atoms with Gasteiger partial charge in [0.05, 0.1) is 12.0 Å². The monoisotopic (exact) mass is 418 g/mol. The number of hydrogen-bond donors (Lipinski definition) is 0.